The lowest BCUT2D eigenvalue weighted by atomic mass is 9.98. The summed E-state index contributed by atoms with van der Waals surface area (Å²) in [6.45, 7) is 1.80. The van der Waals surface area contributed by atoms with Crippen LogP contribution in [0.5, 0.6) is 0 Å². The van der Waals surface area contributed by atoms with E-state index in [-0.39, 0.29) is 5.91 Å². The third kappa shape index (κ3) is 4.22. The van der Waals surface area contributed by atoms with E-state index in [2.05, 4.69) is 35.2 Å². The molecular weight excluding hydrogens is 282 g/mol. The Bertz CT molecular complexity index is 627. The third-order valence-corrected chi connectivity index (χ3v) is 4.63. The first-order valence-electron chi connectivity index (χ1n) is 8.76. The van der Waals surface area contributed by atoms with Gasteiger partial charge in [0.25, 0.3) is 5.91 Å². The van der Waals surface area contributed by atoms with Crippen LogP contribution in [0.25, 0.3) is 0 Å². The van der Waals surface area contributed by atoms with E-state index in [1.165, 1.54) is 24.8 Å². The van der Waals surface area contributed by atoms with Crippen molar-refractivity contribution in [2.24, 2.45) is 0 Å². The molecule has 0 unspecified atom stereocenters. The Balaban J connectivity index is 1.79. The number of rotatable bonds is 3. The average molecular weight is 307 g/mol. The van der Waals surface area contributed by atoms with Crippen molar-refractivity contribution in [1.29, 1.82) is 0 Å². The molecule has 1 saturated heterocycles. The fraction of sp³-hybridized carbons (Fsp3) is 0.381. The number of amides is 1. The highest BCUT2D eigenvalue weighted by Gasteiger charge is 2.19. The van der Waals surface area contributed by atoms with E-state index in [1.807, 2.05) is 24.3 Å². The molecule has 0 aliphatic carbocycles. The monoisotopic (exact) mass is 307 g/mol. The van der Waals surface area contributed by atoms with E-state index in [9.17, 15) is 4.79 Å². The van der Waals surface area contributed by atoms with Crippen molar-refractivity contribution in [2.75, 3.05) is 13.1 Å². The van der Waals surface area contributed by atoms with Gasteiger partial charge in [-0.1, -0.05) is 67.8 Å². The van der Waals surface area contributed by atoms with Crippen molar-refractivity contribution in [3.05, 3.63) is 71.3 Å². The van der Waals surface area contributed by atoms with Gasteiger partial charge in [-0.05, 0) is 36.5 Å². The SMILES string of the molecule is O=C(c1ccccc1Cc1ccccc1)N1CCCCCCC1. The summed E-state index contributed by atoms with van der Waals surface area (Å²) in [5, 5.41) is 0. The molecule has 0 aromatic heterocycles. The van der Waals surface area contributed by atoms with Crippen LogP contribution in [0.3, 0.4) is 0 Å². The van der Waals surface area contributed by atoms with Gasteiger partial charge >= 0.3 is 0 Å². The van der Waals surface area contributed by atoms with Crippen LogP contribution in [0.1, 0.15) is 53.6 Å². The Kier molecular flexibility index (Phi) is 5.46. The minimum absolute atomic E-state index is 0.207. The largest absolute Gasteiger partial charge is 0.339 e. The zero-order chi connectivity index (χ0) is 15.9. The predicted octanol–water partition coefficient (Wildman–Crippen LogP) is 4.68. The Morgan fingerprint density at radius 2 is 1.39 bits per heavy atom. The molecular formula is C21H25NO. The molecule has 2 aromatic rings. The van der Waals surface area contributed by atoms with Gasteiger partial charge < -0.3 is 4.90 Å². The summed E-state index contributed by atoms with van der Waals surface area (Å²) in [7, 11) is 0. The molecule has 2 nitrogen and oxygen atoms in total. The van der Waals surface area contributed by atoms with Crippen LogP contribution in [0.15, 0.2) is 54.6 Å². The van der Waals surface area contributed by atoms with E-state index in [1.54, 1.807) is 0 Å². The number of carbonyl (C=O) groups is 1. The fourth-order valence-corrected chi connectivity index (χ4v) is 3.32. The smallest absolute Gasteiger partial charge is 0.254 e. The molecule has 23 heavy (non-hydrogen) atoms. The molecule has 0 saturated carbocycles. The molecule has 0 N–H and O–H groups in total. The summed E-state index contributed by atoms with van der Waals surface area (Å²) < 4.78 is 0. The molecule has 0 bridgehead atoms. The van der Waals surface area contributed by atoms with E-state index in [0.29, 0.717) is 0 Å². The van der Waals surface area contributed by atoms with Crippen molar-refractivity contribution in [1.82, 2.24) is 4.90 Å². The van der Waals surface area contributed by atoms with Crippen molar-refractivity contribution in [3.8, 4) is 0 Å². The van der Waals surface area contributed by atoms with Crippen molar-refractivity contribution in [3.63, 3.8) is 0 Å². The predicted molar refractivity (Wildman–Crippen MR) is 94.7 cm³/mol. The topological polar surface area (TPSA) is 20.3 Å². The van der Waals surface area contributed by atoms with Gasteiger partial charge in [0.15, 0.2) is 0 Å². The van der Waals surface area contributed by atoms with Gasteiger partial charge in [-0.3, -0.25) is 4.79 Å². The number of carbonyl (C=O) groups excluding carboxylic acids is 1. The van der Waals surface area contributed by atoms with Crippen LogP contribution >= 0.6 is 0 Å². The maximum atomic E-state index is 13.0. The Labute approximate surface area is 139 Å². The van der Waals surface area contributed by atoms with Gasteiger partial charge in [-0.15, -0.1) is 0 Å². The molecule has 1 aliphatic heterocycles. The van der Waals surface area contributed by atoms with E-state index in [0.717, 1.165) is 43.5 Å². The number of benzene rings is 2. The first-order chi connectivity index (χ1) is 11.3. The molecule has 120 valence electrons. The van der Waals surface area contributed by atoms with Gasteiger partial charge in [0.2, 0.25) is 0 Å². The molecule has 3 rings (SSSR count). The Morgan fingerprint density at radius 1 is 0.783 bits per heavy atom. The molecule has 1 fully saturated rings. The minimum Gasteiger partial charge on any atom is -0.339 e. The van der Waals surface area contributed by atoms with Crippen LogP contribution in [0, 0.1) is 0 Å². The van der Waals surface area contributed by atoms with E-state index >= 15 is 0 Å². The number of hydrogen-bond donors (Lipinski definition) is 0. The first kappa shape index (κ1) is 15.8. The summed E-state index contributed by atoms with van der Waals surface area (Å²) in [5.74, 6) is 0.207. The second kappa shape index (κ2) is 7.96. The second-order valence-electron chi connectivity index (χ2n) is 6.38. The zero-order valence-corrected chi connectivity index (χ0v) is 13.7. The molecule has 2 heteroatoms. The molecule has 0 spiro atoms. The normalized spacial score (nSPS) is 15.7. The van der Waals surface area contributed by atoms with Crippen molar-refractivity contribution in [2.45, 2.75) is 38.5 Å². The lowest BCUT2D eigenvalue weighted by Crippen LogP contribution is -2.34. The quantitative estimate of drug-likeness (QED) is 0.806. The van der Waals surface area contributed by atoms with Crippen LogP contribution in [-0.4, -0.2) is 23.9 Å². The standard InChI is InChI=1S/C21H25NO/c23-21(22-15-9-2-1-3-10-16-22)20-14-8-7-13-19(20)17-18-11-5-4-6-12-18/h4-8,11-14H,1-3,9-10,15-17H2. The highest BCUT2D eigenvalue weighted by molar-refractivity contribution is 5.95. The van der Waals surface area contributed by atoms with Crippen molar-refractivity contribution < 1.29 is 4.79 Å². The number of nitrogens with zero attached hydrogens (tertiary/aromatic N) is 1. The highest BCUT2D eigenvalue weighted by Crippen LogP contribution is 2.19. The second-order valence-corrected chi connectivity index (χ2v) is 6.38. The summed E-state index contributed by atoms with van der Waals surface area (Å²) in [6, 6.07) is 18.5. The lowest BCUT2D eigenvalue weighted by Gasteiger charge is -2.25. The van der Waals surface area contributed by atoms with Gasteiger partial charge in [0, 0.05) is 18.7 Å². The maximum absolute atomic E-state index is 13.0. The fourth-order valence-electron chi connectivity index (χ4n) is 3.32. The highest BCUT2D eigenvalue weighted by atomic mass is 16.2. The Morgan fingerprint density at radius 3 is 2.13 bits per heavy atom. The zero-order valence-electron chi connectivity index (χ0n) is 13.7. The van der Waals surface area contributed by atoms with Gasteiger partial charge in [0.05, 0.1) is 0 Å². The van der Waals surface area contributed by atoms with Gasteiger partial charge in [0.1, 0.15) is 0 Å². The van der Waals surface area contributed by atoms with Gasteiger partial charge in [-0.2, -0.15) is 0 Å². The van der Waals surface area contributed by atoms with Gasteiger partial charge in [-0.25, -0.2) is 0 Å². The van der Waals surface area contributed by atoms with Crippen molar-refractivity contribution >= 4 is 5.91 Å². The third-order valence-electron chi connectivity index (χ3n) is 4.63. The van der Waals surface area contributed by atoms with Crippen LogP contribution in [-0.2, 0) is 6.42 Å². The molecule has 1 aliphatic rings. The average Bonchev–Trinajstić information content (AvgIpc) is 2.55. The molecule has 1 amide bonds. The summed E-state index contributed by atoms with van der Waals surface area (Å²) >= 11 is 0. The summed E-state index contributed by atoms with van der Waals surface area (Å²) in [4.78, 5) is 15.1. The molecule has 1 heterocycles. The number of hydrogen-bond acceptors (Lipinski definition) is 1. The summed E-state index contributed by atoms with van der Waals surface area (Å²) in [5.41, 5.74) is 3.25. The van der Waals surface area contributed by atoms with Crippen LogP contribution in [0.2, 0.25) is 0 Å². The maximum Gasteiger partial charge on any atom is 0.254 e. The lowest BCUT2D eigenvalue weighted by molar-refractivity contribution is 0.0741. The van der Waals surface area contributed by atoms with Crippen LogP contribution in [0.4, 0.5) is 0 Å². The summed E-state index contributed by atoms with van der Waals surface area (Å²) in [6.07, 6.45) is 6.88. The minimum atomic E-state index is 0.207. The first-order valence-corrected chi connectivity index (χ1v) is 8.76. The molecule has 0 radical (unpaired) electrons. The Hall–Kier alpha value is -2.09. The van der Waals surface area contributed by atoms with Crippen LogP contribution < -0.4 is 0 Å². The molecule has 2 aromatic carbocycles. The van der Waals surface area contributed by atoms with E-state index in [4.69, 9.17) is 0 Å². The van der Waals surface area contributed by atoms with E-state index < -0.39 is 0 Å². The number of likely N-dealkylation sites (tertiary alicyclic amines) is 1. The molecule has 0 atom stereocenters.